The van der Waals surface area contributed by atoms with Gasteiger partial charge in [-0.2, -0.15) is 0 Å². The van der Waals surface area contributed by atoms with Crippen LogP contribution in [0.2, 0.25) is 17.7 Å². The summed E-state index contributed by atoms with van der Waals surface area (Å²) in [6, 6.07) is 0. The Morgan fingerprint density at radius 1 is 1.00 bits per heavy atom. The number of unbranched alkanes of at least 4 members (excludes halogenated alkanes) is 3. The molecule has 4 heteroatoms. The first-order chi connectivity index (χ1) is 11.8. The molecule has 0 aliphatic carbocycles. The van der Waals surface area contributed by atoms with Gasteiger partial charge in [-0.15, -0.1) is 0 Å². The molecule has 0 spiro atoms. The monoisotopic (exact) mass is 461 g/mol. The van der Waals surface area contributed by atoms with E-state index in [0.29, 0.717) is 0 Å². The van der Waals surface area contributed by atoms with Gasteiger partial charge in [0.25, 0.3) is 0 Å². The van der Waals surface area contributed by atoms with E-state index in [1.807, 2.05) is 6.92 Å². The molecular formula is C21H43NO2Sn. The average molecular weight is 460 g/mol. The van der Waals surface area contributed by atoms with E-state index in [1.54, 1.807) is 14.1 Å². The van der Waals surface area contributed by atoms with E-state index in [0.717, 1.165) is 6.42 Å². The summed E-state index contributed by atoms with van der Waals surface area (Å²) < 4.78 is 11.3. The van der Waals surface area contributed by atoms with Gasteiger partial charge in [0.05, 0.1) is 0 Å². The van der Waals surface area contributed by atoms with E-state index >= 15 is 0 Å². The molecule has 0 fully saturated rings. The number of hydrogen-bond donors (Lipinski definition) is 0. The Morgan fingerprint density at radius 2 is 1.44 bits per heavy atom. The summed E-state index contributed by atoms with van der Waals surface area (Å²) in [5, 5.41) is 0. The van der Waals surface area contributed by atoms with Crippen molar-refractivity contribution in [2.45, 2.75) is 96.5 Å². The van der Waals surface area contributed by atoms with Crippen LogP contribution in [0.1, 0.15) is 72.6 Å². The number of carbonyl (C=O) groups is 1. The summed E-state index contributed by atoms with van der Waals surface area (Å²) in [4.78, 5) is 13.2. The van der Waals surface area contributed by atoms with Crippen LogP contribution in [-0.2, 0) is 4.74 Å². The van der Waals surface area contributed by atoms with Crippen molar-refractivity contribution in [3.8, 4) is 0 Å². The molecule has 25 heavy (non-hydrogen) atoms. The van der Waals surface area contributed by atoms with Gasteiger partial charge >= 0.3 is 162 Å². The molecule has 0 rings (SSSR count). The van der Waals surface area contributed by atoms with Crippen molar-refractivity contribution in [1.29, 1.82) is 0 Å². The minimum atomic E-state index is -2.17. The number of nitrogens with zero attached hydrogens (tertiary/aromatic N) is 1. The topological polar surface area (TPSA) is 29.5 Å². The van der Waals surface area contributed by atoms with Crippen molar-refractivity contribution in [3.63, 3.8) is 0 Å². The molecule has 0 saturated carbocycles. The summed E-state index contributed by atoms with van der Waals surface area (Å²) >= 11 is -2.17. The van der Waals surface area contributed by atoms with Crippen molar-refractivity contribution < 1.29 is 9.53 Å². The fourth-order valence-electron chi connectivity index (χ4n) is 3.62. The third-order valence-corrected chi connectivity index (χ3v) is 20.7. The van der Waals surface area contributed by atoms with E-state index in [9.17, 15) is 4.79 Å². The van der Waals surface area contributed by atoms with Gasteiger partial charge in [0, 0.05) is 0 Å². The molecule has 3 nitrogen and oxygen atoms in total. The fourth-order valence-corrected chi connectivity index (χ4v) is 20.2. The molecule has 148 valence electrons. The molecule has 1 amide bonds. The number of amides is 1. The van der Waals surface area contributed by atoms with E-state index in [2.05, 4.69) is 27.4 Å². The van der Waals surface area contributed by atoms with Crippen LogP contribution in [0.5, 0.6) is 0 Å². The first-order valence-electron chi connectivity index (χ1n) is 10.3. The van der Waals surface area contributed by atoms with Crippen molar-refractivity contribution >= 4 is 24.5 Å². The maximum atomic E-state index is 11.7. The van der Waals surface area contributed by atoms with Crippen LogP contribution in [0.3, 0.4) is 0 Å². The Labute approximate surface area is 161 Å². The molecule has 1 unspecified atom stereocenters. The van der Waals surface area contributed by atoms with E-state index in [-0.39, 0.29) is 12.2 Å². The van der Waals surface area contributed by atoms with E-state index in [4.69, 9.17) is 4.74 Å². The molecule has 0 aromatic rings. The molecule has 0 aliphatic rings. The predicted octanol–water partition coefficient (Wildman–Crippen LogP) is 6.87. The van der Waals surface area contributed by atoms with Gasteiger partial charge in [-0.05, 0) is 0 Å². The Bertz CT molecular complexity index is 360. The SMILES string of the molecule is C=C(CC(C)OC(=O)N(C)C)[CH2][Sn]([CH2]CCC)([CH2]CCC)[CH2]CCC. The van der Waals surface area contributed by atoms with Crippen LogP contribution in [0.25, 0.3) is 0 Å². The second-order valence-electron chi connectivity index (χ2n) is 8.03. The summed E-state index contributed by atoms with van der Waals surface area (Å²) in [5.41, 5.74) is 1.33. The van der Waals surface area contributed by atoms with Gasteiger partial charge < -0.3 is 0 Å². The van der Waals surface area contributed by atoms with Crippen molar-refractivity contribution in [1.82, 2.24) is 4.90 Å². The van der Waals surface area contributed by atoms with Gasteiger partial charge in [-0.3, -0.25) is 0 Å². The Balaban J connectivity index is 4.87. The second-order valence-corrected chi connectivity index (χ2v) is 21.9. The average Bonchev–Trinajstić information content (AvgIpc) is 2.55. The Morgan fingerprint density at radius 3 is 1.80 bits per heavy atom. The molecule has 0 saturated heterocycles. The molecule has 0 radical (unpaired) electrons. The molecule has 0 N–H and O–H groups in total. The zero-order chi connectivity index (χ0) is 19.3. The molecule has 0 aromatic carbocycles. The summed E-state index contributed by atoms with van der Waals surface area (Å²) in [6.07, 6.45) is 8.59. The molecule has 1 atom stereocenters. The van der Waals surface area contributed by atoms with Gasteiger partial charge in [0.1, 0.15) is 0 Å². The maximum absolute atomic E-state index is 11.7. The van der Waals surface area contributed by atoms with Crippen LogP contribution < -0.4 is 0 Å². The van der Waals surface area contributed by atoms with Crippen LogP contribution in [0.15, 0.2) is 12.2 Å². The van der Waals surface area contributed by atoms with Crippen LogP contribution >= 0.6 is 0 Å². The predicted molar refractivity (Wildman–Crippen MR) is 113 cm³/mol. The number of carbonyl (C=O) groups excluding carboxylic acids is 1. The van der Waals surface area contributed by atoms with Gasteiger partial charge in [-0.1, -0.05) is 0 Å². The zero-order valence-corrected chi connectivity index (χ0v) is 20.7. The quantitative estimate of drug-likeness (QED) is 0.209. The summed E-state index contributed by atoms with van der Waals surface area (Å²) in [5.74, 6) is 0. The molecule has 0 heterocycles. The van der Waals surface area contributed by atoms with Gasteiger partial charge in [0.15, 0.2) is 0 Å². The first kappa shape index (κ1) is 24.8. The van der Waals surface area contributed by atoms with E-state index < -0.39 is 18.4 Å². The van der Waals surface area contributed by atoms with Gasteiger partial charge in [-0.25, -0.2) is 0 Å². The zero-order valence-electron chi connectivity index (χ0n) is 17.8. The van der Waals surface area contributed by atoms with Crippen LogP contribution in [0, 0.1) is 0 Å². The number of rotatable bonds is 14. The number of hydrogen-bond acceptors (Lipinski definition) is 2. The molecular weight excluding hydrogens is 417 g/mol. The normalized spacial score (nSPS) is 12.7. The van der Waals surface area contributed by atoms with Crippen molar-refractivity contribution in [2.24, 2.45) is 0 Å². The Hall–Kier alpha value is -0.191. The van der Waals surface area contributed by atoms with Crippen LogP contribution in [0.4, 0.5) is 4.79 Å². The minimum absolute atomic E-state index is 0.0742. The summed E-state index contributed by atoms with van der Waals surface area (Å²) in [6.45, 7) is 13.3. The molecule has 0 bridgehead atoms. The van der Waals surface area contributed by atoms with E-state index in [1.165, 1.54) is 66.7 Å². The van der Waals surface area contributed by atoms with Crippen molar-refractivity contribution in [3.05, 3.63) is 12.2 Å². The summed E-state index contributed by atoms with van der Waals surface area (Å²) in [7, 11) is 3.46. The second kappa shape index (κ2) is 13.9. The fraction of sp³-hybridized carbons (Fsp3) is 0.857. The Kier molecular flexibility index (Phi) is 13.8. The van der Waals surface area contributed by atoms with Crippen LogP contribution in [-0.4, -0.2) is 49.6 Å². The third-order valence-electron chi connectivity index (χ3n) is 5.05. The number of ether oxygens (including phenoxy) is 1. The first-order valence-corrected chi connectivity index (χ1v) is 18.4. The standard InChI is InChI=1S/C9H16NO2.3C4H9.Sn/c1-7(2)6-8(3)12-9(11)10(4)5;3*1-3-4-2;/h8H,1-2,6H2,3-5H3;3*1,3-4H2,2H3;. The molecule has 0 aliphatic heterocycles. The van der Waals surface area contributed by atoms with Crippen molar-refractivity contribution in [2.75, 3.05) is 14.1 Å². The third kappa shape index (κ3) is 11.2. The van der Waals surface area contributed by atoms with Gasteiger partial charge in [0.2, 0.25) is 0 Å². The molecule has 0 aromatic heterocycles.